The molecule has 3 amide bonds. The lowest BCUT2D eigenvalue weighted by Crippen LogP contribution is -2.58. The van der Waals surface area contributed by atoms with Gasteiger partial charge in [-0.3, -0.25) is 19.3 Å². The maximum Gasteiger partial charge on any atom is 0.270 e. The van der Waals surface area contributed by atoms with Crippen LogP contribution in [0.3, 0.4) is 0 Å². The number of hydrogen-bond acceptors (Lipinski definition) is 11. The number of thiazole rings is 1. The summed E-state index contributed by atoms with van der Waals surface area (Å²) in [6.45, 7) is 9.49. The van der Waals surface area contributed by atoms with E-state index in [1.54, 1.807) is 31.2 Å². The Labute approximate surface area is 299 Å². The number of likely N-dealkylation sites (N-methyl/N-ethyl adjacent to an activating group) is 1. The van der Waals surface area contributed by atoms with Gasteiger partial charge in [-0.15, -0.1) is 11.3 Å². The van der Waals surface area contributed by atoms with Crippen LogP contribution in [0.1, 0.15) is 100 Å². The molecule has 3 rings (SSSR count). The molecule has 2 heterocycles. The summed E-state index contributed by atoms with van der Waals surface area (Å²) in [5.74, 6) is -1.91. The molecule has 7 N–H and O–H groups in total. The molecule has 1 aliphatic heterocycles. The fraction of sp³-hybridized carbons (Fsp3) is 0.667. The van der Waals surface area contributed by atoms with Crippen molar-refractivity contribution in [3.63, 3.8) is 0 Å². The molecule has 50 heavy (non-hydrogen) atoms. The summed E-state index contributed by atoms with van der Waals surface area (Å²) in [6, 6.07) is 4.28. The average molecular weight is 720 g/mol. The summed E-state index contributed by atoms with van der Waals surface area (Å²) in [4.78, 5) is 48.4. The lowest BCUT2D eigenvalue weighted by atomic mass is 9.92. The van der Waals surface area contributed by atoms with Gasteiger partial charge >= 0.3 is 0 Å². The maximum absolute atomic E-state index is 14.0. The van der Waals surface area contributed by atoms with Crippen molar-refractivity contribution in [1.29, 1.82) is 0 Å². The van der Waals surface area contributed by atoms with Gasteiger partial charge in [0, 0.05) is 29.8 Å². The van der Waals surface area contributed by atoms with E-state index < -0.39 is 55.0 Å². The van der Waals surface area contributed by atoms with Crippen LogP contribution in [0.15, 0.2) is 29.6 Å². The normalized spacial score (nSPS) is 19.0. The molecule has 1 aromatic heterocycles. The lowest BCUT2D eigenvalue weighted by Gasteiger charge is -2.38. The SMILES string of the molecule is CCC(C)[C@H](NC(=O)[C@H]1CCCCN1C)C(=O)N(CO)[C@H](C[C@@H](O)c1nc(C(=O)N[C@@H](Cc2ccc(O)cc2)C[C@H](C)C(O)O)cs1)C(C)C. The number of rotatable bonds is 18. The molecule has 0 bridgehead atoms. The quantitative estimate of drug-likeness (QED) is 0.113. The molecule has 0 radical (unpaired) electrons. The lowest BCUT2D eigenvalue weighted by molar-refractivity contribution is -0.146. The highest BCUT2D eigenvalue weighted by atomic mass is 32.1. The molecule has 13 nitrogen and oxygen atoms in total. The van der Waals surface area contributed by atoms with E-state index in [-0.39, 0.29) is 53.1 Å². The second-order valence-corrected chi connectivity index (χ2v) is 15.0. The van der Waals surface area contributed by atoms with E-state index in [0.717, 1.165) is 36.3 Å². The number of hydrogen-bond donors (Lipinski definition) is 7. The van der Waals surface area contributed by atoms with Gasteiger partial charge in [0.05, 0.1) is 6.04 Å². The van der Waals surface area contributed by atoms with Crippen LogP contribution in [-0.2, 0) is 16.0 Å². The van der Waals surface area contributed by atoms with Crippen molar-refractivity contribution < 1.29 is 39.9 Å². The van der Waals surface area contributed by atoms with Crippen LogP contribution >= 0.6 is 11.3 Å². The summed E-state index contributed by atoms with van der Waals surface area (Å²) in [5, 5.41) is 58.5. The van der Waals surface area contributed by atoms with E-state index in [0.29, 0.717) is 19.3 Å². The zero-order valence-corrected chi connectivity index (χ0v) is 31.0. The number of aliphatic hydroxyl groups excluding tert-OH is 3. The molecule has 1 aliphatic rings. The minimum absolute atomic E-state index is 0.0421. The van der Waals surface area contributed by atoms with E-state index in [4.69, 9.17) is 0 Å². The number of likely N-dealkylation sites (tertiary alicyclic amines) is 1. The Bertz CT molecular complexity index is 1370. The Balaban J connectivity index is 1.74. The zero-order chi connectivity index (χ0) is 37.1. The number of aliphatic hydroxyl groups is 4. The average Bonchev–Trinajstić information content (AvgIpc) is 3.58. The van der Waals surface area contributed by atoms with Crippen molar-refractivity contribution in [1.82, 2.24) is 25.4 Å². The minimum atomic E-state index is -1.56. The number of aromatic hydroxyl groups is 1. The van der Waals surface area contributed by atoms with Crippen molar-refractivity contribution >= 4 is 29.1 Å². The van der Waals surface area contributed by atoms with Gasteiger partial charge in [0.1, 0.15) is 35.3 Å². The molecule has 14 heteroatoms. The van der Waals surface area contributed by atoms with Gasteiger partial charge in [0.15, 0.2) is 6.29 Å². The molecule has 1 saturated heterocycles. The zero-order valence-electron chi connectivity index (χ0n) is 30.2. The largest absolute Gasteiger partial charge is 0.508 e. The third-order valence-corrected chi connectivity index (χ3v) is 10.8. The molecule has 1 aromatic carbocycles. The van der Waals surface area contributed by atoms with Crippen LogP contribution in [0.2, 0.25) is 0 Å². The van der Waals surface area contributed by atoms with Crippen molar-refractivity contribution in [2.24, 2.45) is 17.8 Å². The van der Waals surface area contributed by atoms with Crippen LogP contribution in [0, 0.1) is 17.8 Å². The predicted octanol–water partition coefficient (Wildman–Crippen LogP) is 2.77. The molecule has 2 aromatic rings. The number of carbonyl (C=O) groups is 3. The van der Waals surface area contributed by atoms with Crippen LogP contribution in [-0.4, -0.2) is 109 Å². The molecule has 0 spiro atoms. The Kier molecular flexibility index (Phi) is 16.1. The molecular formula is C36H57N5O8S. The summed E-state index contributed by atoms with van der Waals surface area (Å²) in [6.07, 6.45) is 1.27. The highest BCUT2D eigenvalue weighted by molar-refractivity contribution is 7.09. The monoisotopic (exact) mass is 719 g/mol. The topological polar surface area (TPSA) is 196 Å². The van der Waals surface area contributed by atoms with Gasteiger partial charge in [0.2, 0.25) is 11.8 Å². The van der Waals surface area contributed by atoms with Crippen molar-refractivity contribution in [3.8, 4) is 5.75 Å². The predicted molar refractivity (Wildman–Crippen MR) is 191 cm³/mol. The Morgan fingerprint density at radius 1 is 1.02 bits per heavy atom. The molecule has 1 fully saturated rings. The third-order valence-electron chi connectivity index (χ3n) is 9.88. The standard InChI is InChI=1S/C36H57N5O8S/c1-7-22(4)31(39-33(46)28-10-8-9-15-40(28)6)35(47)41(20-42)29(21(2)3)18-30(44)34-38-27(19-50-34)32(45)37-25(16-23(5)36(48)49)17-24-11-13-26(43)14-12-24/h11-14,19,21-23,25,28-31,36,42-44,48-49H,7-10,15-18,20H2,1-6H3,(H,37,45)(H,39,46)/t22?,23-,25+,28+,29+,30+,31-/m0/s1. The first kappa shape index (κ1) is 41.3. The first-order chi connectivity index (χ1) is 23.7. The number of carbonyl (C=O) groups excluding carboxylic acids is 3. The number of phenols is 1. The van der Waals surface area contributed by atoms with Crippen LogP contribution < -0.4 is 10.6 Å². The molecule has 280 valence electrons. The van der Waals surface area contributed by atoms with Crippen LogP contribution in [0.4, 0.5) is 0 Å². The molecule has 1 unspecified atom stereocenters. The number of phenolic OH excluding ortho intramolecular Hbond substituents is 1. The minimum Gasteiger partial charge on any atom is -0.508 e. The van der Waals surface area contributed by atoms with Crippen LogP contribution in [0.25, 0.3) is 0 Å². The molecule has 0 aliphatic carbocycles. The number of nitrogens with one attached hydrogen (secondary N) is 2. The number of piperidine rings is 1. The summed E-state index contributed by atoms with van der Waals surface area (Å²) < 4.78 is 0. The van der Waals surface area contributed by atoms with E-state index in [1.165, 1.54) is 10.3 Å². The fourth-order valence-corrected chi connectivity index (χ4v) is 7.23. The molecular weight excluding hydrogens is 662 g/mol. The molecule has 0 saturated carbocycles. The van der Waals surface area contributed by atoms with E-state index in [9.17, 15) is 39.9 Å². The Hall–Kier alpha value is -3.14. The molecule has 7 atom stereocenters. The van der Waals surface area contributed by atoms with Crippen molar-refractivity contribution in [2.45, 2.75) is 116 Å². The first-order valence-corrected chi connectivity index (χ1v) is 18.5. The van der Waals surface area contributed by atoms with Crippen molar-refractivity contribution in [3.05, 3.63) is 45.9 Å². The second kappa shape index (κ2) is 19.5. The van der Waals surface area contributed by atoms with Gasteiger partial charge in [-0.25, -0.2) is 4.98 Å². The van der Waals surface area contributed by atoms with Gasteiger partial charge in [-0.2, -0.15) is 0 Å². The summed E-state index contributed by atoms with van der Waals surface area (Å²) in [7, 11) is 1.91. The Morgan fingerprint density at radius 3 is 2.28 bits per heavy atom. The highest BCUT2D eigenvalue weighted by Crippen LogP contribution is 2.29. The number of nitrogens with zero attached hydrogens (tertiary/aromatic N) is 3. The maximum atomic E-state index is 14.0. The summed E-state index contributed by atoms with van der Waals surface area (Å²) in [5.41, 5.74) is 0.918. The van der Waals surface area contributed by atoms with E-state index >= 15 is 0 Å². The van der Waals surface area contributed by atoms with Gasteiger partial charge in [-0.1, -0.05) is 59.6 Å². The van der Waals surface area contributed by atoms with E-state index in [1.807, 2.05) is 39.6 Å². The van der Waals surface area contributed by atoms with Gasteiger partial charge in [0.25, 0.3) is 5.91 Å². The fourth-order valence-electron chi connectivity index (χ4n) is 6.43. The first-order valence-electron chi connectivity index (χ1n) is 17.7. The van der Waals surface area contributed by atoms with Gasteiger partial charge in [-0.05, 0) is 68.8 Å². The Morgan fingerprint density at radius 2 is 1.70 bits per heavy atom. The third kappa shape index (κ3) is 11.4. The number of amides is 3. The van der Waals surface area contributed by atoms with Gasteiger partial charge < -0.3 is 41.1 Å². The van der Waals surface area contributed by atoms with Crippen LogP contribution in [0.5, 0.6) is 5.75 Å². The smallest absolute Gasteiger partial charge is 0.270 e. The van der Waals surface area contributed by atoms with Crippen molar-refractivity contribution in [2.75, 3.05) is 20.3 Å². The highest BCUT2D eigenvalue weighted by Gasteiger charge is 2.38. The second-order valence-electron chi connectivity index (χ2n) is 14.1. The summed E-state index contributed by atoms with van der Waals surface area (Å²) >= 11 is 1.10. The number of aromatic nitrogens is 1. The number of benzene rings is 1. The van der Waals surface area contributed by atoms with E-state index in [2.05, 4.69) is 15.6 Å².